The van der Waals surface area contributed by atoms with Crippen LogP contribution in [-0.4, -0.2) is 41.7 Å². The summed E-state index contributed by atoms with van der Waals surface area (Å²) in [5.74, 6) is 0.860. The zero-order chi connectivity index (χ0) is 14.2. The highest BCUT2D eigenvalue weighted by Gasteiger charge is 2.33. The average Bonchev–Trinajstić information content (AvgIpc) is 3.05. The van der Waals surface area contributed by atoms with Crippen molar-refractivity contribution in [2.24, 2.45) is 0 Å². The van der Waals surface area contributed by atoms with E-state index < -0.39 is 5.60 Å². The molecule has 1 aromatic rings. The van der Waals surface area contributed by atoms with E-state index in [-0.39, 0.29) is 5.91 Å². The molecule has 2 aliphatic rings. The zero-order valence-corrected chi connectivity index (χ0v) is 11.9. The van der Waals surface area contributed by atoms with E-state index >= 15 is 0 Å². The molecule has 1 heterocycles. The van der Waals surface area contributed by atoms with Gasteiger partial charge in [0, 0.05) is 25.6 Å². The van der Waals surface area contributed by atoms with Gasteiger partial charge < -0.3 is 14.7 Å². The maximum absolute atomic E-state index is 12.4. The molecule has 3 rings (SSSR count). The number of amides is 1. The predicted octanol–water partition coefficient (Wildman–Crippen LogP) is 2.00. The molecule has 1 N–H and O–H groups in total. The van der Waals surface area contributed by atoms with Crippen LogP contribution in [0.4, 0.5) is 0 Å². The van der Waals surface area contributed by atoms with Crippen LogP contribution in [0.5, 0.6) is 5.75 Å². The standard InChI is InChI=1S/C16H21NO3/c1-17(11-16(19)7-2-3-8-16)15(18)13-4-5-14-12(10-13)6-9-20-14/h4-5,10,19H,2-3,6-9,11H2,1H3. The molecule has 108 valence electrons. The SMILES string of the molecule is CN(CC1(O)CCCC1)C(=O)c1ccc2c(c1)CCO2. The Labute approximate surface area is 119 Å². The summed E-state index contributed by atoms with van der Waals surface area (Å²) in [5.41, 5.74) is 1.09. The minimum Gasteiger partial charge on any atom is -0.493 e. The highest BCUT2D eigenvalue weighted by Crippen LogP contribution is 2.31. The van der Waals surface area contributed by atoms with E-state index in [0.29, 0.717) is 18.7 Å². The Morgan fingerprint density at radius 3 is 2.90 bits per heavy atom. The van der Waals surface area contributed by atoms with Gasteiger partial charge in [-0.3, -0.25) is 4.79 Å². The van der Waals surface area contributed by atoms with Gasteiger partial charge in [0.15, 0.2) is 0 Å². The van der Waals surface area contributed by atoms with Gasteiger partial charge in [-0.15, -0.1) is 0 Å². The van der Waals surface area contributed by atoms with Crippen molar-refractivity contribution in [3.63, 3.8) is 0 Å². The first-order valence-corrected chi connectivity index (χ1v) is 7.31. The van der Waals surface area contributed by atoms with Crippen molar-refractivity contribution in [2.45, 2.75) is 37.7 Å². The van der Waals surface area contributed by atoms with Gasteiger partial charge in [0.2, 0.25) is 0 Å². The summed E-state index contributed by atoms with van der Waals surface area (Å²) in [6, 6.07) is 5.59. The number of rotatable bonds is 3. The van der Waals surface area contributed by atoms with Gasteiger partial charge in [-0.2, -0.15) is 0 Å². The molecule has 0 atom stereocenters. The lowest BCUT2D eigenvalue weighted by atomic mass is 10.0. The Morgan fingerprint density at radius 2 is 2.15 bits per heavy atom. The summed E-state index contributed by atoms with van der Waals surface area (Å²) >= 11 is 0. The molecule has 0 bridgehead atoms. The van der Waals surface area contributed by atoms with E-state index in [4.69, 9.17) is 4.74 Å². The maximum Gasteiger partial charge on any atom is 0.253 e. The number of benzene rings is 1. The molecule has 0 spiro atoms. The van der Waals surface area contributed by atoms with E-state index in [2.05, 4.69) is 0 Å². The lowest BCUT2D eigenvalue weighted by molar-refractivity contribution is 0.0157. The predicted molar refractivity (Wildman–Crippen MR) is 76.0 cm³/mol. The molecular formula is C16H21NO3. The summed E-state index contributed by atoms with van der Waals surface area (Å²) in [6.07, 6.45) is 4.55. The Kier molecular flexibility index (Phi) is 3.42. The Balaban J connectivity index is 1.71. The van der Waals surface area contributed by atoms with Crippen molar-refractivity contribution in [3.05, 3.63) is 29.3 Å². The number of likely N-dealkylation sites (N-methyl/N-ethyl adjacent to an activating group) is 1. The minimum absolute atomic E-state index is 0.0278. The van der Waals surface area contributed by atoms with E-state index in [0.717, 1.165) is 43.4 Å². The first-order valence-electron chi connectivity index (χ1n) is 7.31. The number of carbonyl (C=O) groups is 1. The number of ether oxygens (including phenoxy) is 1. The Morgan fingerprint density at radius 1 is 1.40 bits per heavy atom. The van der Waals surface area contributed by atoms with Gasteiger partial charge in [-0.1, -0.05) is 12.8 Å². The third kappa shape index (κ3) is 2.52. The van der Waals surface area contributed by atoms with Crippen LogP contribution in [0, 0.1) is 0 Å². The van der Waals surface area contributed by atoms with Gasteiger partial charge >= 0.3 is 0 Å². The normalized spacial score (nSPS) is 19.5. The largest absolute Gasteiger partial charge is 0.493 e. The third-order valence-corrected chi connectivity index (χ3v) is 4.35. The van der Waals surface area contributed by atoms with Crippen LogP contribution in [0.2, 0.25) is 0 Å². The maximum atomic E-state index is 12.4. The van der Waals surface area contributed by atoms with Crippen molar-refractivity contribution in [3.8, 4) is 5.75 Å². The molecular weight excluding hydrogens is 254 g/mol. The van der Waals surface area contributed by atoms with Gasteiger partial charge in [0.25, 0.3) is 5.91 Å². The summed E-state index contributed by atoms with van der Waals surface area (Å²) in [6.45, 7) is 1.11. The second kappa shape index (κ2) is 5.09. The highest BCUT2D eigenvalue weighted by atomic mass is 16.5. The lowest BCUT2D eigenvalue weighted by Gasteiger charge is -2.28. The molecule has 20 heavy (non-hydrogen) atoms. The number of fused-ring (bicyclic) bond motifs is 1. The van der Waals surface area contributed by atoms with Crippen LogP contribution in [0.1, 0.15) is 41.6 Å². The second-order valence-corrected chi connectivity index (χ2v) is 6.01. The fraction of sp³-hybridized carbons (Fsp3) is 0.562. The van der Waals surface area contributed by atoms with Crippen molar-refractivity contribution < 1.29 is 14.6 Å². The minimum atomic E-state index is -0.690. The monoisotopic (exact) mass is 275 g/mol. The number of hydrogen-bond donors (Lipinski definition) is 1. The molecule has 1 amide bonds. The molecule has 1 aliphatic heterocycles. The number of hydrogen-bond acceptors (Lipinski definition) is 3. The highest BCUT2D eigenvalue weighted by molar-refractivity contribution is 5.94. The quantitative estimate of drug-likeness (QED) is 0.918. The van der Waals surface area contributed by atoms with Crippen molar-refractivity contribution in [1.29, 1.82) is 0 Å². The molecule has 0 aromatic heterocycles. The van der Waals surface area contributed by atoms with E-state index in [1.807, 2.05) is 18.2 Å². The van der Waals surface area contributed by atoms with Gasteiger partial charge in [-0.25, -0.2) is 0 Å². The topological polar surface area (TPSA) is 49.8 Å². The number of nitrogens with zero attached hydrogens (tertiary/aromatic N) is 1. The summed E-state index contributed by atoms with van der Waals surface area (Å²) in [4.78, 5) is 14.1. The number of aliphatic hydroxyl groups is 1. The summed E-state index contributed by atoms with van der Waals surface area (Å²) in [5, 5.41) is 10.4. The fourth-order valence-corrected chi connectivity index (χ4v) is 3.24. The Hall–Kier alpha value is -1.55. The van der Waals surface area contributed by atoms with Crippen LogP contribution in [0.25, 0.3) is 0 Å². The second-order valence-electron chi connectivity index (χ2n) is 6.01. The average molecular weight is 275 g/mol. The van der Waals surface area contributed by atoms with Gasteiger partial charge in [-0.05, 0) is 36.6 Å². The van der Waals surface area contributed by atoms with Crippen molar-refractivity contribution >= 4 is 5.91 Å². The molecule has 0 unspecified atom stereocenters. The molecule has 0 saturated heterocycles. The van der Waals surface area contributed by atoms with Crippen molar-refractivity contribution in [1.82, 2.24) is 4.90 Å². The molecule has 1 aliphatic carbocycles. The first-order chi connectivity index (χ1) is 9.57. The molecule has 0 radical (unpaired) electrons. The number of carbonyl (C=O) groups excluding carboxylic acids is 1. The molecule has 4 nitrogen and oxygen atoms in total. The summed E-state index contributed by atoms with van der Waals surface area (Å²) < 4.78 is 5.45. The lowest BCUT2D eigenvalue weighted by Crippen LogP contribution is -2.42. The molecule has 1 saturated carbocycles. The van der Waals surface area contributed by atoms with E-state index in [9.17, 15) is 9.90 Å². The van der Waals surface area contributed by atoms with Gasteiger partial charge in [0.1, 0.15) is 5.75 Å². The zero-order valence-electron chi connectivity index (χ0n) is 11.9. The summed E-state index contributed by atoms with van der Waals surface area (Å²) in [7, 11) is 1.77. The van der Waals surface area contributed by atoms with Crippen LogP contribution in [-0.2, 0) is 6.42 Å². The Bertz CT molecular complexity index is 520. The van der Waals surface area contributed by atoms with Crippen LogP contribution in [0.3, 0.4) is 0 Å². The first kappa shape index (κ1) is 13.4. The third-order valence-electron chi connectivity index (χ3n) is 4.35. The molecule has 4 heteroatoms. The van der Waals surface area contributed by atoms with E-state index in [1.54, 1.807) is 11.9 Å². The van der Waals surface area contributed by atoms with Crippen LogP contribution < -0.4 is 4.74 Å². The van der Waals surface area contributed by atoms with E-state index in [1.165, 1.54) is 0 Å². The smallest absolute Gasteiger partial charge is 0.253 e. The molecule has 1 fully saturated rings. The van der Waals surface area contributed by atoms with Crippen molar-refractivity contribution in [2.75, 3.05) is 20.2 Å². The van der Waals surface area contributed by atoms with Crippen LogP contribution in [0.15, 0.2) is 18.2 Å². The molecule has 1 aromatic carbocycles. The van der Waals surface area contributed by atoms with Crippen LogP contribution >= 0.6 is 0 Å². The van der Waals surface area contributed by atoms with Gasteiger partial charge in [0.05, 0.1) is 12.2 Å². The fourth-order valence-electron chi connectivity index (χ4n) is 3.24.